The van der Waals surface area contributed by atoms with Gasteiger partial charge in [-0.25, -0.2) is 0 Å². The van der Waals surface area contributed by atoms with Crippen LogP contribution in [-0.2, 0) is 9.59 Å². The van der Waals surface area contributed by atoms with Gasteiger partial charge in [-0.05, 0) is 31.0 Å². The predicted molar refractivity (Wildman–Crippen MR) is 152 cm³/mol. The van der Waals surface area contributed by atoms with Crippen LogP contribution in [0.3, 0.4) is 0 Å². The van der Waals surface area contributed by atoms with Crippen molar-refractivity contribution in [2.24, 2.45) is 0 Å². The zero-order chi connectivity index (χ0) is 30.8. The second-order valence-electron chi connectivity index (χ2n) is 9.84. The summed E-state index contributed by atoms with van der Waals surface area (Å²) in [6.07, 6.45) is -0.482. The van der Waals surface area contributed by atoms with Crippen molar-refractivity contribution in [1.29, 1.82) is 0 Å². The highest BCUT2D eigenvalue weighted by atomic mass is 16.4. The van der Waals surface area contributed by atoms with E-state index in [2.05, 4.69) is 21.9 Å². The molecule has 1 aliphatic heterocycles. The largest absolute Gasteiger partial charge is 0.394 e. The number of hydrogen-bond acceptors (Lipinski definition) is 10. The highest BCUT2D eigenvalue weighted by Crippen LogP contribution is 2.34. The van der Waals surface area contributed by atoms with E-state index in [9.17, 15) is 39.6 Å². The van der Waals surface area contributed by atoms with Crippen molar-refractivity contribution in [3.63, 3.8) is 0 Å². The van der Waals surface area contributed by atoms with E-state index in [1.165, 1.54) is 4.90 Å². The molecule has 0 bridgehead atoms. The molecule has 0 aliphatic carbocycles. The third kappa shape index (κ3) is 7.61. The number of benzene rings is 2. The van der Waals surface area contributed by atoms with Crippen molar-refractivity contribution in [3.8, 4) is 12.3 Å². The van der Waals surface area contributed by atoms with Crippen LogP contribution in [0.2, 0.25) is 0 Å². The number of rotatable bonds is 16. The number of carbonyl (C=O) groups excluding carboxylic acids is 4. The topological polar surface area (TPSA) is 209 Å². The first-order chi connectivity index (χ1) is 20.1. The van der Waals surface area contributed by atoms with Gasteiger partial charge in [0, 0.05) is 53.6 Å². The van der Waals surface area contributed by atoms with Crippen molar-refractivity contribution in [3.05, 3.63) is 41.5 Å². The third-order valence-corrected chi connectivity index (χ3v) is 6.93. The number of amides is 4. The molecular weight excluding hydrogens is 548 g/mol. The van der Waals surface area contributed by atoms with Crippen LogP contribution in [0.1, 0.15) is 46.4 Å². The van der Waals surface area contributed by atoms with Gasteiger partial charge in [0.05, 0.1) is 13.2 Å². The number of anilines is 1. The van der Waals surface area contributed by atoms with Gasteiger partial charge in [-0.15, -0.1) is 6.42 Å². The molecular formula is C29H36N4O9. The van der Waals surface area contributed by atoms with E-state index in [1.807, 2.05) is 0 Å². The van der Waals surface area contributed by atoms with Crippen LogP contribution < -0.4 is 16.0 Å². The summed E-state index contributed by atoms with van der Waals surface area (Å²) in [6, 6.07) is 8.44. The Morgan fingerprint density at radius 3 is 2.31 bits per heavy atom. The molecule has 4 unspecified atom stereocenters. The molecule has 2 aromatic carbocycles. The number of aliphatic hydroxyl groups is 5. The van der Waals surface area contributed by atoms with E-state index in [4.69, 9.17) is 11.5 Å². The second kappa shape index (κ2) is 15.2. The highest BCUT2D eigenvalue weighted by Gasteiger charge is 2.34. The first kappa shape index (κ1) is 32.5. The van der Waals surface area contributed by atoms with Gasteiger partial charge in [-0.2, -0.15) is 0 Å². The van der Waals surface area contributed by atoms with Gasteiger partial charge in [0.25, 0.3) is 17.7 Å². The van der Waals surface area contributed by atoms with Gasteiger partial charge in [-0.3, -0.25) is 24.1 Å². The minimum atomic E-state index is -2.04. The lowest BCUT2D eigenvalue weighted by Crippen LogP contribution is -2.52. The molecule has 13 heteroatoms. The molecule has 0 radical (unpaired) electrons. The first-order valence-corrected chi connectivity index (χ1v) is 13.6. The fraction of sp³-hybridized carbons (Fsp3) is 0.448. The Hall–Kier alpha value is -4.06. The van der Waals surface area contributed by atoms with Crippen molar-refractivity contribution in [2.45, 2.75) is 50.1 Å². The molecule has 226 valence electrons. The molecule has 3 rings (SSSR count). The Labute approximate surface area is 242 Å². The summed E-state index contributed by atoms with van der Waals surface area (Å²) in [6.45, 7) is -0.300. The SMILES string of the molecule is C#CCNC(=O)CCCCCN1C(=O)c2cccc3c(NCCNC(=O)C(O)C(O)C(O)C(O)CO)ccc(c23)C1=O. The van der Waals surface area contributed by atoms with Crippen LogP contribution in [0.15, 0.2) is 30.3 Å². The third-order valence-electron chi connectivity index (χ3n) is 6.93. The summed E-state index contributed by atoms with van der Waals surface area (Å²) >= 11 is 0. The van der Waals surface area contributed by atoms with Crippen molar-refractivity contribution in [1.82, 2.24) is 15.5 Å². The van der Waals surface area contributed by atoms with Gasteiger partial charge in [0.15, 0.2) is 6.10 Å². The fourth-order valence-electron chi connectivity index (χ4n) is 4.64. The van der Waals surface area contributed by atoms with E-state index in [1.54, 1.807) is 30.3 Å². The van der Waals surface area contributed by atoms with Crippen LogP contribution in [0.25, 0.3) is 10.8 Å². The maximum atomic E-state index is 13.2. The molecule has 42 heavy (non-hydrogen) atoms. The number of aliphatic hydroxyl groups excluding tert-OH is 5. The van der Waals surface area contributed by atoms with Crippen molar-refractivity contribution >= 4 is 40.1 Å². The molecule has 13 nitrogen and oxygen atoms in total. The highest BCUT2D eigenvalue weighted by molar-refractivity contribution is 6.26. The minimum absolute atomic E-state index is 0.00139. The number of terminal acetylenes is 1. The average Bonchev–Trinajstić information content (AvgIpc) is 3.00. The van der Waals surface area contributed by atoms with Crippen molar-refractivity contribution < 1.29 is 44.7 Å². The number of nitrogens with zero attached hydrogens (tertiary/aromatic N) is 1. The van der Waals surface area contributed by atoms with E-state index >= 15 is 0 Å². The Morgan fingerprint density at radius 2 is 1.62 bits per heavy atom. The summed E-state index contributed by atoms with van der Waals surface area (Å²) in [5, 5.41) is 56.9. The van der Waals surface area contributed by atoms with Gasteiger partial charge in [0.1, 0.15) is 18.3 Å². The number of carbonyl (C=O) groups is 4. The molecule has 0 saturated carbocycles. The lowest BCUT2D eigenvalue weighted by molar-refractivity contribution is -0.148. The summed E-state index contributed by atoms with van der Waals surface area (Å²) in [4.78, 5) is 51.5. The minimum Gasteiger partial charge on any atom is -0.394 e. The molecule has 0 saturated heterocycles. The number of unbranched alkanes of at least 4 members (excludes halogenated alkanes) is 2. The summed E-state index contributed by atoms with van der Waals surface area (Å²) in [5.74, 6) is 0.388. The first-order valence-electron chi connectivity index (χ1n) is 13.6. The molecule has 4 atom stereocenters. The molecule has 0 spiro atoms. The summed E-state index contributed by atoms with van der Waals surface area (Å²) < 4.78 is 0. The average molecular weight is 585 g/mol. The predicted octanol–water partition coefficient (Wildman–Crippen LogP) is -1.29. The van der Waals surface area contributed by atoms with E-state index in [0.29, 0.717) is 53.3 Å². The molecule has 2 aromatic rings. The monoisotopic (exact) mass is 584 g/mol. The van der Waals surface area contributed by atoms with Crippen LogP contribution in [0.4, 0.5) is 5.69 Å². The number of imide groups is 1. The number of hydrogen-bond donors (Lipinski definition) is 8. The molecule has 8 N–H and O–H groups in total. The van der Waals surface area contributed by atoms with E-state index in [0.717, 1.165) is 0 Å². The van der Waals surface area contributed by atoms with E-state index in [-0.39, 0.29) is 32.1 Å². The fourth-order valence-corrected chi connectivity index (χ4v) is 4.64. The quantitative estimate of drug-likeness (QED) is 0.0665. The summed E-state index contributed by atoms with van der Waals surface area (Å²) in [5.41, 5.74) is 1.37. The Morgan fingerprint density at radius 1 is 0.905 bits per heavy atom. The Balaban J connectivity index is 1.58. The van der Waals surface area contributed by atoms with E-state index < -0.39 is 48.7 Å². The maximum absolute atomic E-state index is 13.2. The lowest BCUT2D eigenvalue weighted by Gasteiger charge is -2.28. The van der Waals surface area contributed by atoms with Gasteiger partial charge < -0.3 is 41.5 Å². The van der Waals surface area contributed by atoms with Crippen LogP contribution in [0, 0.1) is 12.3 Å². The molecule has 4 amide bonds. The lowest BCUT2D eigenvalue weighted by atomic mass is 9.93. The standard InChI is InChI=1S/C29H36N4O9/c1-2-12-31-22(36)9-4-3-5-15-33-28(41)18-8-6-7-17-20(11-10-19(23(17)18)29(33)42)30-13-14-32-27(40)26(39)25(38)24(37)21(35)16-34/h1,6-8,10-11,21,24-26,30,34-35,37-39H,3-5,9,12-16H2,(H,31,36)(H,32,40). The molecule has 0 aromatic heterocycles. The normalized spacial score (nSPS) is 15.5. The summed E-state index contributed by atoms with van der Waals surface area (Å²) in [7, 11) is 0. The molecule has 1 heterocycles. The zero-order valence-corrected chi connectivity index (χ0v) is 23.0. The van der Waals surface area contributed by atoms with Crippen molar-refractivity contribution in [2.75, 3.05) is 38.1 Å². The van der Waals surface area contributed by atoms with Crippen LogP contribution >= 0.6 is 0 Å². The van der Waals surface area contributed by atoms with Gasteiger partial charge >= 0.3 is 0 Å². The Bertz CT molecular complexity index is 1320. The number of nitrogens with one attached hydrogen (secondary N) is 3. The maximum Gasteiger partial charge on any atom is 0.261 e. The molecule has 1 aliphatic rings. The van der Waals surface area contributed by atoms with Gasteiger partial charge in [0.2, 0.25) is 5.91 Å². The van der Waals surface area contributed by atoms with Crippen LogP contribution in [-0.4, -0.2) is 111 Å². The van der Waals surface area contributed by atoms with Crippen LogP contribution in [0.5, 0.6) is 0 Å². The molecule has 0 fully saturated rings. The van der Waals surface area contributed by atoms with Gasteiger partial charge in [-0.1, -0.05) is 24.5 Å². The second-order valence-corrected chi connectivity index (χ2v) is 9.84. The smallest absolute Gasteiger partial charge is 0.261 e. The zero-order valence-electron chi connectivity index (χ0n) is 23.0. The Kier molecular flexibility index (Phi) is 11.8.